The van der Waals surface area contributed by atoms with Gasteiger partial charge < -0.3 is 5.32 Å². The Kier molecular flexibility index (Phi) is 4.13. The molecule has 1 heterocycles. The van der Waals surface area contributed by atoms with Gasteiger partial charge in [-0.2, -0.15) is 5.26 Å². The molecule has 4 nitrogen and oxygen atoms in total. The van der Waals surface area contributed by atoms with Crippen molar-refractivity contribution in [2.24, 2.45) is 5.92 Å². The Balaban J connectivity index is 2.17. The molecule has 1 N–H and O–H groups in total. The lowest BCUT2D eigenvalue weighted by Gasteiger charge is -2.05. The summed E-state index contributed by atoms with van der Waals surface area (Å²) in [6, 6.07) is 7.99. The van der Waals surface area contributed by atoms with Gasteiger partial charge in [0.05, 0.1) is 16.3 Å². The summed E-state index contributed by atoms with van der Waals surface area (Å²) in [5, 5.41) is 12.2. The molecule has 0 bridgehead atoms. The molecule has 2 aromatic rings. The SMILES string of the molecule is CCCC(C#N)C(=O)Nc1nc2ccc(C)cc2s1. The van der Waals surface area contributed by atoms with Crippen molar-refractivity contribution in [1.29, 1.82) is 5.26 Å². The summed E-state index contributed by atoms with van der Waals surface area (Å²) >= 11 is 1.43. The second kappa shape index (κ2) is 5.81. The van der Waals surface area contributed by atoms with Crippen molar-refractivity contribution in [2.45, 2.75) is 26.7 Å². The molecule has 0 spiro atoms. The molecule has 0 saturated carbocycles. The fraction of sp³-hybridized carbons (Fsp3) is 0.357. The number of nitrogens with zero attached hydrogens (tertiary/aromatic N) is 2. The largest absolute Gasteiger partial charge is 0.301 e. The van der Waals surface area contributed by atoms with Crippen LogP contribution >= 0.6 is 11.3 Å². The summed E-state index contributed by atoms with van der Waals surface area (Å²) in [6.07, 6.45) is 1.39. The minimum absolute atomic E-state index is 0.264. The van der Waals surface area contributed by atoms with Gasteiger partial charge in [0.1, 0.15) is 5.92 Å². The van der Waals surface area contributed by atoms with Crippen LogP contribution in [0.4, 0.5) is 5.13 Å². The van der Waals surface area contributed by atoms with Crippen molar-refractivity contribution in [2.75, 3.05) is 5.32 Å². The highest BCUT2D eigenvalue weighted by Gasteiger charge is 2.18. The predicted molar refractivity (Wildman–Crippen MR) is 77.0 cm³/mol. The van der Waals surface area contributed by atoms with Crippen molar-refractivity contribution in [1.82, 2.24) is 4.98 Å². The van der Waals surface area contributed by atoms with Crippen LogP contribution in [0.5, 0.6) is 0 Å². The molecular weight excluding hydrogens is 258 g/mol. The first kappa shape index (κ1) is 13.5. The van der Waals surface area contributed by atoms with Gasteiger partial charge in [0, 0.05) is 0 Å². The number of fused-ring (bicyclic) bond motifs is 1. The van der Waals surface area contributed by atoms with Crippen LogP contribution in [0, 0.1) is 24.2 Å². The number of hydrogen-bond acceptors (Lipinski definition) is 4. The van der Waals surface area contributed by atoms with Crippen LogP contribution in [0.1, 0.15) is 25.3 Å². The minimum atomic E-state index is -0.598. The fourth-order valence-electron chi connectivity index (χ4n) is 1.82. The maximum absolute atomic E-state index is 11.9. The van der Waals surface area contributed by atoms with Crippen LogP contribution in [0.25, 0.3) is 10.2 Å². The molecule has 0 aliphatic carbocycles. The number of aromatic nitrogens is 1. The van der Waals surface area contributed by atoms with E-state index < -0.39 is 5.92 Å². The minimum Gasteiger partial charge on any atom is -0.301 e. The summed E-state index contributed by atoms with van der Waals surface area (Å²) in [7, 11) is 0. The second-order valence-corrected chi connectivity index (χ2v) is 5.48. The Labute approximate surface area is 116 Å². The number of nitrogens with one attached hydrogen (secondary N) is 1. The van der Waals surface area contributed by atoms with Gasteiger partial charge in [0.2, 0.25) is 5.91 Å². The molecule has 1 aromatic heterocycles. The molecule has 1 atom stereocenters. The molecule has 0 fully saturated rings. The Hall–Kier alpha value is -1.93. The van der Waals surface area contributed by atoms with Gasteiger partial charge in [0.15, 0.2) is 5.13 Å². The average molecular weight is 273 g/mol. The first-order valence-corrected chi connectivity index (χ1v) is 7.03. The molecule has 5 heteroatoms. The van der Waals surface area contributed by atoms with Gasteiger partial charge >= 0.3 is 0 Å². The number of hydrogen-bond donors (Lipinski definition) is 1. The quantitative estimate of drug-likeness (QED) is 0.927. The van der Waals surface area contributed by atoms with E-state index in [2.05, 4.69) is 10.3 Å². The lowest BCUT2D eigenvalue weighted by molar-refractivity contribution is -0.118. The van der Waals surface area contributed by atoms with Crippen molar-refractivity contribution < 1.29 is 4.79 Å². The zero-order valence-corrected chi connectivity index (χ0v) is 11.8. The highest BCUT2D eigenvalue weighted by molar-refractivity contribution is 7.22. The average Bonchev–Trinajstić information content (AvgIpc) is 2.76. The van der Waals surface area contributed by atoms with Crippen LogP contribution in [0.15, 0.2) is 18.2 Å². The number of anilines is 1. The molecule has 1 amide bonds. The van der Waals surface area contributed by atoms with Gasteiger partial charge in [-0.25, -0.2) is 4.98 Å². The summed E-state index contributed by atoms with van der Waals surface area (Å²) in [6.45, 7) is 3.97. The highest BCUT2D eigenvalue weighted by atomic mass is 32.1. The maximum atomic E-state index is 11.9. The second-order valence-electron chi connectivity index (χ2n) is 4.45. The van der Waals surface area contributed by atoms with E-state index in [1.54, 1.807) is 0 Å². The molecule has 98 valence electrons. The van der Waals surface area contributed by atoms with Crippen LogP contribution in [-0.2, 0) is 4.79 Å². The lowest BCUT2D eigenvalue weighted by Crippen LogP contribution is -2.21. The molecule has 19 heavy (non-hydrogen) atoms. The molecule has 0 aliphatic rings. The normalized spacial score (nSPS) is 12.1. The van der Waals surface area contributed by atoms with Crippen molar-refractivity contribution >= 4 is 32.6 Å². The number of benzene rings is 1. The summed E-state index contributed by atoms with van der Waals surface area (Å²) in [5.74, 6) is -0.862. The molecule has 0 radical (unpaired) electrons. The van der Waals surface area contributed by atoms with E-state index in [1.165, 1.54) is 11.3 Å². The van der Waals surface area contributed by atoms with Crippen LogP contribution < -0.4 is 5.32 Å². The third-order valence-corrected chi connectivity index (χ3v) is 3.76. The van der Waals surface area contributed by atoms with Gasteiger partial charge in [-0.05, 0) is 31.0 Å². The summed E-state index contributed by atoms with van der Waals surface area (Å²) in [5.41, 5.74) is 2.03. The lowest BCUT2D eigenvalue weighted by atomic mass is 10.1. The van der Waals surface area contributed by atoms with Gasteiger partial charge in [-0.3, -0.25) is 4.79 Å². The maximum Gasteiger partial charge on any atom is 0.243 e. The fourth-order valence-corrected chi connectivity index (χ4v) is 2.79. The zero-order chi connectivity index (χ0) is 13.8. The third kappa shape index (κ3) is 3.09. The van der Waals surface area contributed by atoms with Gasteiger partial charge in [-0.15, -0.1) is 0 Å². The smallest absolute Gasteiger partial charge is 0.243 e. The zero-order valence-electron chi connectivity index (χ0n) is 10.9. The van der Waals surface area contributed by atoms with Crippen LogP contribution in [0.2, 0.25) is 0 Å². The first-order valence-electron chi connectivity index (χ1n) is 6.21. The molecule has 2 rings (SSSR count). The van der Waals surface area contributed by atoms with Crippen molar-refractivity contribution in [3.8, 4) is 6.07 Å². The Morgan fingerprint density at radius 2 is 2.37 bits per heavy atom. The number of thiazole rings is 1. The number of carbonyl (C=O) groups excluding carboxylic acids is 1. The number of rotatable bonds is 4. The van der Waals surface area contributed by atoms with E-state index >= 15 is 0 Å². The van der Waals surface area contributed by atoms with E-state index in [4.69, 9.17) is 5.26 Å². The van der Waals surface area contributed by atoms with E-state index in [0.717, 1.165) is 22.2 Å². The van der Waals surface area contributed by atoms with Crippen LogP contribution in [0.3, 0.4) is 0 Å². The molecule has 1 unspecified atom stereocenters. The third-order valence-electron chi connectivity index (χ3n) is 2.82. The monoisotopic (exact) mass is 273 g/mol. The van der Waals surface area contributed by atoms with E-state index in [-0.39, 0.29) is 5.91 Å². The van der Waals surface area contributed by atoms with Gasteiger partial charge in [0.25, 0.3) is 0 Å². The Morgan fingerprint density at radius 3 is 3.05 bits per heavy atom. The van der Waals surface area contributed by atoms with E-state index in [1.807, 2.05) is 38.1 Å². The summed E-state index contributed by atoms with van der Waals surface area (Å²) < 4.78 is 1.04. The number of carbonyl (C=O) groups is 1. The van der Waals surface area contributed by atoms with Crippen LogP contribution in [-0.4, -0.2) is 10.9 Å². The topological polar surface area (TPSA) is 65.8 Å². The van der Waals surface area contributed by atoms with Gasteiger partial charge in [-0.1, -0.05) is 30.7 Å². The molecular formula is C14H15N3OS. The van der Waals surface area contributed by atoms with Crippen molar-refractivity contribution in [3.63, 3.8) is 0 Å². The van der Waals surface area contributed by atoms with Crippen molar-refractivity contribution in [3.05, 3.63) is 23.8 Å². The number of aryl methyl sites for hydroxylation is 1. The standard InChI is InChI=1S/C14H15N3OS/c1-3-4-10(8-15)13(18)17-14-16-11-6-5-9(2)7-12(11)19-14/h5-7,10H,3-4H2,1-2H3,(H,16,17,18). The summed E-state index contributed by atoms with van der Waals surface area (Å²) in [4.78, 5) is 16.3. The Morgan fingerprint density at radius 1 is 1.58 bits per heavy atom. The predicted octanol–water partition coefficient (Wildman–Crippen LogP) is 3.48. The molecule has 1 aromatic carbocycles. The molecule has 0 saturated heterocycles. The number of nitriles is 1. The van der Waals surface area contributed by atoms with E-state index in [0.29, 0.717) is 11.6 Å². The molecule has 0 aliphatic heterocycles. The first-order chi connectivity index (χ1) is 9.13. The number of amides is 1. The Bertz CT molecular complexity index is 642. The van der Waals surface area contributed by atoms with E-state index in [9.17, 15) is 4.79 Å². The highest BCUT2D eigenvalue weighted by Crippen LogP contribution is 2.27.